The Hall–Kier alpha value is -2.57. The molecule has 2 heterocycles. The smallest absolute Gasteiger partial charge is 0.326 e. The average molecular weight is 234 g/mol. The van der Waals surface area contributed by atoms with E-state index in [4.69, 9.17) is 0 Å². The van der Waals surface area contributed by atoms with Gasteiger partial charge in [-0.3, -0.25) is 14.6 Å². The lowest BCUT2D eigenvalue weighted by molar-refractivity contribution is 0.0945. The Morgan fingerprint density at radius 1 is 1.29 bits per heavy atom. The zero-order valence-corrected chi connectivity index (χ0v) is 8.74. The van der Waals surface area contributed by atoms with E-state index >= 15 is 0 Å². The lowest BCUT2D eigenvalue weighted by Gasteiger charge is -2.02. The van der Waals surface area contributed by atoms with Crippen LogP contribution in [0.2, 0.25) is 0 Å². The van der Waals surface area contributed by atoms with Crippen LogP contribution in [0.4, 0.5) is 0 Å². The molecular weight excluding hydrogens is 224 g/mol. The van der Waals surface area contributed by atoms with Gasteiger partial charge in [0.1, 0.15) is 5.69 Å². The minimum atomic E-state index is -0.704. The Bertz CT molecular complexity index is 595. The maximum absolute atomic E-state index is 11.6. The predicted octanol–water partition coefficient (Wildman–Crippen LogP) is -0.679. The number of aromatic nitrogens is 3. The number of H-pyrrole nitrogens is 3. The van der Waals surface area contributed by atoms with E-state index in [1.165, 1.54) is 0 Å². The third kappa shape index (κ3) is 2.71. The standard InChI is InChI=1S/C10H10N4O3/c15-8-3-7(13-10(17)14-8)9(16)12-5-6-1-2-11-4-6/h1-4,11H,5H2,(H,12,16)(H2,13,14,15,17). The van der Waals surface area contributed by atoms with Crippen LogP contribution in [-0.2, 0) is 6.54 Å². The number of aromatic amines is 3. The van der Waals surface area contributed by atoms with Gasteiger partial charge in [0.2, 0.25) is 0 Å². The van der Waals surface area contributed by atoms with Gasteiger partial charge in [-0.05, 0) is 11.6 Å². The highest BCUT2D eigenvalue weighted by Gasteiger charge is 2.07. The minimum Gasteiger partial charge on any atom is -0.367 e. The molecule has 0 unspecified atom stereocenters. The Kier molecular flexibility index (Phi) is 2.91. The van der Waals surface area contributed by atoms with Gasteiger partial charge in [0.15, 0.2) is 0 Å². The molecule has 2 aromatic heterocycles. The van der Waals surface area contributed by atoms with Crippen LogP contribution in [0, 0.1) is 0 Å². The summed E-state index contributed by atoms with van der Waals surface area (Å²) in [6.45, 7) is 0.317. The van der Waals surface area contributed by atoms with Gasteiger partial charge in [0.25, 0.3) is 11.5 Å². The first-order valence-corrected chi connectivity index (χ1v) is 4.88. The number of nitrogens with one attached hydrogen (secondary N) is 4. The molecule has 17 heavy (non-hydrogen) atoms. The first-order valence-electron chi connectivity index (χ1n) is 4.88. The fourth-order valence-corrected chi connectivity index (χ4v) is 1.34. The van der Waals surface area contributed by atoms with Crippen LogP contribution in [0.5, 0.6) is 0 Å². The number of amides is 1. The second-order valence-corrected chi connectivity index (χ2v) is 3.40. The monoisotopic (exact) mass is 234 g/mol. The van der Waals surface area contributed by atoms with Gasteiger partial charge in [-0.15, -0.1) is 0 Å². The molecule has 7 nitrogen and oxygen atoms in total. The molecule has 1 amide bonds. The van der Waals surface area contributed by atoms with Crippen molar-refractivity contribution in [2.45, 2.75) is 6.54 Å². The van der Waals surface area contributed by atoms with E-state index in [9.17, 15) is 14.4 Å². The summed E-state index contributed by atoms with van der Waals surface area (Å²) in [5, 5.41) is 2.57. The van der Waals surface area contributed by atoms with Crippen LogP contribution in [0.1, 0.15) is 16.1 Å². The first kappa shape index (κ1) is 10.9. The number of carbonyl (C=O) groups is 1. The van der Waals surface area contributed by atoms with Gasteiger partial charge in [0, 0.05) is 25.0 Å². The van der Waals surface area contributed by atoms with Crippen molar-refractivity contribution in [2.24, 2.45) is 0 Å². The predicted molar refractivity (Wildman–Crippen MR) is 59.6 cm³/mol. The third-order valence-electron chi connectivity index (χ3n) is 2.12. The zero-order valence-electron chi connectivity index (χ0n) is 8.74. The maximum atomic E-state index is 11.6. The van der Waals surface area contributed by atoms with E-state index in [1.807, 2.05) is 4.98 Å². The second kappa shape index (κ2) is 4.52. The zero-order chi connectivity index (χ0) is 12.3. The van der Waals surface area contributed by atoms with Crippen molar-refractivity contribution in [3.63, 3.8) is 0 Å². The molecule has 2 rings (SSSR count). The molecule has 7 heteroatoms. The SMILES string of the molecule is O=C(NCc1cc[nH]c1)c1cc(=O)[nH]c(=O)[nH]1. The summed E-state index contributed by atoms with van der Waals surface area (Å²) >= 11 is 0. The van der Waals surface area contributed by atoms with Crippen LogP contribution in [-0.4, -0.2) is 20.9 Å². The van der Waals surface area contributed by atoms with Crippen molar-refractivity contribution in [1.29, 1.82) is 0 Å². The molecule has 88 valence electrons. The van der Waals surface area contributed by atoms with Gasteiger partial charge in [-0.1, -0.05) is 0 Å². The number of rotatable bonds is 3. The van der Waals surface area contributed by atoms with Crippen LogP contribution in [0.25, 0.3) is 0 Å². The van der Waals surface area contributed by atoms with Crippen molar-refractivity contribution in [2.75, 3.05) is 0 Å². The van der Waals surface area contributed by atoms with Gasteiger partial charge in [0.05, 0.1) is 0 Å². The molecule has 0 atom stereocenters. The minimum absolute atomic E-state index is 0.0608. The summed E-state index contributed by atoms with van der Waals surface area (Å²) in [5.41, 5.74) is -0.482. The Balaban J connectivity index is 2.09. The summed E-state index contributed by atoms with van der Waals surface area (Å²) in [7, 11) is 0. The second-order valence-electron chi connectivity index (χ2n) is 3.40. The first-order chi connectivity index (χ1) is 8.15. The quantitative estimate of drug-likeness (QED) is 0.564. The third-order valence-corrected chi connectivity index (χ3v) is 2.12. The normalized spacial score (nSPS) is 10.1. The van der Waals surface area contributed by atoms with Gasteiger partial charge in [-0.2, -0.15) is 0 Å². The summed E-state index contributed by atoms with van der Waals surface area (Å²) < 4.78 is 0. The van der Waals surface area contributed by atoms with Crippen molar-refractivity contribution in [3.8, 4) is 0 Å². The van der Waals surface area contributed by atoms with Crippen molar-refractivity contribution in [3.05, 3.63) is 56.6 Å². The van der Waals surface area contributed by atoms with E-state index in [-0.39, 0.29) is 5.69 Å². The molecule has 0 aliphatic carbocycles. The van der Waals surface area contributed by atoms with E-state index in [0.29, 0.717) is 6.54 Å². The van der Waals surface area contributed by atoms with Crippen LogP contribution >= 0.6 is 0 Å². The summed E-state index contributed by atoms with van der Waals surface area (Å²) in [5.74, 6) is -0.505. The van der Waals surface area contributed by atoms with Gasteiger partial charge >= 0.3 is 5.69 Å². The number of hydrogen-bond acceptors (Lipinski definition) is 3. The summed E-state index contributed by atoms with van der Waals surface area (Å²) in [6, 6.07) is 2.84. The molecule has 0 aliphatic heterocycles. The maximum Gasteiger partial charge on any atom is 0.326 e. The Morgan fingerprint density at radius 2 is 2.12 bits per heavy atom. The van der Waals surface area contributed by atoms with Gasteiger partial charge in [-0.25, -0.2) is 4.79 Å². The molecule has 0 radical (unpaired) electrons. The van der Waals surface area contributed by atoms with Crippen LogP contribution in [0.15, 0.2) is 34.1 Å². The average Bonchev–Trinajstić information content (AvgIpc) is 2.77. The van der Waals surface area contributed by atoms with E-state index < -0.39 is 17.2 Å². The molecule has 4 N–H and O–H groups in total. The molecule has 0 spiro atoms. The summed E-state index contributed by atoms with van der Waals surface area (Å²) in [4.78, 5) is 40.6. The van der Waals surface area contributed by atoms with Crippen molar-refractivity contribution < 1.29 is 4.79 Å². The van der Waals surface area contributed by atoms with Crippen molar-refractivity contribution >= 4 is 5.91 Å². The van der Waals surface area contributed by atoms with Crippen LogP contribution in [0.3, 0.4) is 0 Å². The number of hydrogen-bond donors (Lipinski definition) is 4. The Morgan fingerprint density at radius 3 is 2.76 bits per heavy atom. The molecule has 0 bridgehead atoms. The molecule has 0 fully saturated rings. The highest BCUT2D eigenvalue weighted by molar-refractivity contribution is 5.91. The Labute approximate surface area is 94.9 Å². The van der Waals surface area contributed by atoms with E-state index in [2.05, 4.69) is 15.3 Å². The van der Waals surface area contributed by atoms with E-state index in [0.717, 1.165) is 11.6 Å². The van der Waals surface area contributed by atoms with E-state index in [1.54, 1.807) is 18.5 Å². The molecule has 2 aromatic rings. The van der Waals surface area contributed by atoms with Crippen LogP contribution < -0.4 is 16.6 Å². The largest absolute Gasteiger partial charge is 0.367 e. The molecule has 0 saturated heterocycles. The molecular formula is C10H10N4O3. The highest BCUT2D eigenvalue weighted by Crippen LogP contribution is 1.96. The fraction of sp³-hybridized carbons (Fsp3) is 0.100. The lowest BCUT2D eigenvalue weighted by Crippen LogP contribution is -2.30. The van der Waals surface area contributed by atoms with Gasteiger partial charge < -0.3 is 15.3 Å². The lowest BCUT2D eigenvalue weighted by atomic mass is 10.3. The summed E-state index contributed by atoms with van der Waals surface area (Å²) in [6.07, 6.45) is 3.47. The fourth-order valence-electron chi connectivity index (χ4n) is 1.34. The molecule has 0 aromatic carbocycles. The highest BCUT2D eigenvalue weighted by atomic mass is 16.2. The molecule has 0 aliphatic rings. The topological polar surface area (TPSA) is 111 Å². The number of carbonyl (C=O) groups excluding carboxylic acids is 1. The van der Waals surface area contributed by atoms with Crippen molar-refractivity contribution in [1.82, 2.24) is 20.3 Å². The molecule has 0 saturated carbocycles.